The van der Waals surface area contributed by atoms with Crippen molar-refractivity contribution in [2.24, 2.45) is 0 Å². The number of ether oxygens (including phenoxy) is 1. The van der Waals surface area contributed by atoms with Gasteiger partial charge >= 0.3 is 5.97 Å². The highest BCUT2D eigenvalue weighted by Crippen LogP contribution is 2.19. The second-order valence-electron chi connectivity index (χ2n) is 20.1. The summed E-state index contributed by atoms with van der Waals surface area (Å²) in [6.07, 6.45) is 59.9. The first-order chi connectivity index (χ1) is 31.5. The number of carbonyl (C=O) groups excluding carboxylic acids is 2. The molecule has 0 aromatic rings. The second-order valence-corrected chi connectivity index (χ2v) is 20.1. The Labute approximate surface area is 399 Å². The van der Waals surface area contributed by atoms with E-state index in [1.807, 2.05) is 0 Å². The Bertz CT molecular complexity index is 970. The Morgan fingerprint density at radius 3 is 1.16 bits per heavy atom. The number of nitrogens with one attached hydrogen (secondary N) is 1. The minimum atomic E-state index is -0.784. The molecule has 6 heteroatoms. The number of hydrogen-bond donors (Lipinski definition) is 3. The van der Waals surface area contributed by atoms with Gasteiger partial charge in [0, 0.05) is 6.42 Å². The Kier molecular flexibility index (Phi) is 51.4. The molecule has 0 aromatic carbocycles. The standard InChI is InChI=1S/C58H113NO5/c1-4-7-10-13-16-19-22-24-26-28-30-32-35-37-40-43-46-49-54(64-58(63)51-48-45-42-39-34-21-18-15-12-9-6-3)52-57(62)59-55(53-60)56(61)50-47-44-41-38-36-33-31-29-27-25-23-20-17-14-11-8-5-2/h15,18,54-56,60-61H,4-14,16-17,19-53H2,1-3H3,(H,59,62)/b18-15-. The lowest BCUT2D eigenvalue weighted by molar-refractivity contribution is -0.151. The molecular formula is C58H113NO5. The minimum absolute atomic E-state index is 0.0821. The van der Waals surface area contributed by atoms with Gasteiger partial charge in [-0.2, -0.15) is 0 Å². The number of aliphatic hydroxyl groups excluding tert-OH is 2. The van der Waals surface area contributed by atoms with E-state index in [2.05, 4.69) is 38.2 Å². The number of carbonyl (C=O) groups is 2. The first kappa shape index (κ1) is 62.6. The molecule has 0 spiro atoms. The fraction of sp³-hybridized carbons (Fsp3) is 0.931. The molecule has 0 fully saturated rings. The van der Waals surface area contributed by atoms with Gasteiger partial charge in [0.1, 0.15) is 6.10 Å². The molecule has 3 N–H and O–H groups in total. The third-order valence-corrected chi connectivity index (χ3v) is 13.6. The van der Waals surface area contributed by atoms with Crippen molar-refractivity contribution in [1.82, 2.24) is 5.32 Å². The molecule has 1 amide bonds. The van der Waals surface area contributed by atoms with Crippen LogP contribution in [0.2, 0.25) is 0 Å². The second kappa shape index (κ2) is 52.6. The highest BCUT2D eigenvalue weighted by molar-refractivity contribution is 5.77. The molecule has 0 bridgehead atoms. The van der Waals surface area contributed by atoms with Gasteiger partial charge in [0.2, 0.25) is 5.91 Å². The van der Waals surface area contributed by atoms with Gasteiger partial charge in [0.15, 0.2) is 0 Å². The summed E-state index contributed by atoms with van der Waals surface area (Å²) in [5, 5.41) is 23.9. The Hall–Kier alpha value is -1.40. The molecule has 0 aliphatic heterocycles. The van der Waals surface area contributed by atoms with Crippen LogP contribution in [0, 0.1) is 0 Å². The van der Waals surface area contributed by atoms with Crippen LogP contribution in [0.4, 0.5) is 0 Å². The van der Waals surface area contributed by atoms with Crippen molar-refractivity contribution in [3.8, 4) is 0 Å². The maximum absolute atomic E-state index is 13.3. The molecule has 0 aliphatic carbocycles. The lowest BCUT2D eigenvalue weighted by Crippen LogP contribution is -2.46. The summed E-state index contributed by atoms with van der Waals surface area (Å²) < 4.78 is 5.95. The number of aliphatic hydroxyl groups is 2. The first-order valence-electron chi connectivity index (χ1n) is 28.9. The zero-order chi connectivity index (χ0) is 46.7. The lowest BCUT2D eigenvalue weighted by atomic mass is 10.0. The largest absolute Gasteiger partial charge is 0.462 e. The van der Waals surface area contributed by atoms with Crippen molar-refractivity contribution in [3.05, 3.63) is 12.2 Å². The van der Waals surface area contributed by atoms with Crippen LogP contribution in [-0.2, 0) is 14.3 Å². The lowest BCUT2D eigenvalue weighted by Gasteiger charge is -2.24. The van der Waals surface area contributed by atoms with E-state index < -0.39 is 18.2 Å². The number of unbranched alkanes of at least 4 members (excludes halogenated alkanes) is 39. The number of allylic oxidation sites excluding steroid dienone is 2. The predicted molar refractivity (Wildman–Crippen MR) is 278 cm³/mol. The first-order valence-corrected chi connectivity index (χ1v) is 28.9. The third-order valence-electron chi connectivity index (χ3n) is 13.6. The molecule has 6 nitrogen and oxygen atoms in total. The van der Waals surface area contributed by atoms with Crippen LogP contribution in [-0.4, -0.2) is 46.9 Å². The number of hydrogen-bond acceptors (Lipinski definition) is 5. The molecule has 0 rings (SSSR count). The maximum atomic E-state index is 13.3. The van der Waals surface area contributed by atoms with Gasteiger partial charge in [-0.25, -0.2) is 0 Å². The van der Waals surface area contributed by atoms with Crippen molar-refractivity contribution < 1.29 is 24.5 Å². The molecule has 0 heterocycles. The summed E-state index contributed by atoms with van der Waals surface area (Å²) in [7, 11) is 0. The van der Waals surface area contributed by atoms with Crippen molar-refractivity contribution in [1.29, 1.82) is 0 Å². The Balaban J connectivity index is 4.45. The molecular weight excluding hydrogens is 791 g/mol. The molecule has 3 atom stereocenters. The van der Waals surface area contributed by atoms with Crippen LogP contribution in [0.5, 0.6) is 0 Å². The van der Waals surface area contributed by atoms with Crippen LogP contribution < -0.4 is 5.32 Å². The van der Waals surface area contributed by atoms with E-state index in [0.717, 1.165) is 51.4 Å². The van der Waals surface area contributed by atoms with E-state index in [9.17, 15) is 19.8 Å². The van der Waals surface area contributed by atoms with Gasteiger partial charge in [0.25, 0.3) is 0 Å². The van der Waals surface area contributed by atoms with E-state index >= 15 is 0 Å². The van der Waals surface area contributed by atoms with Gasteiger partial charge in [0.05, 0.1) is 25.2 Å². The van der Waals surface area contributed by atoms with Gasteiger partial charge in [-0.15, -0.1) is 0 Å². The van der Waals surface area contributed by atoms with Crippen LogP contribution in [0.25, 0.3) is 0 Å². The highest BCUT2D eigenvalue weighted by atomic mass is 16.5. The van der Waals surface area contributed by atoms with E-state index in [1.165, 1.54) is 225 Å². The van der Waals surface area contributed by atoms with Crippen LogP contribution >= 0.6 is 0 Å². The van der Waals surface area contributed by atoms with Gasteiger partial charge < -0.3 is 20.3 Å². The van der Waals surface area contributed by atoms with Crippen molar-refractivity contribution in [3.63, 3.8) is 0 Å². The molecule has 64 heavy (non-hydrogen) atoms. The molecule has 380 valence electrons. The van der Waals surface area contributed by atoms with E-state index in [4.69, 9.17) is 4.74 Å². The van der Waals surface area contributed by atoms with E-state index in [-0.39, 0.29) is 24.9 Å². The molecule has 0 saturated carbocycles. The van der Waals surface area contributed by atoms with E-state index in [1.54, 1.807) is 0 Å². The minimum Gasteiger partial charge on any atom is -0.462 e. The third kappa shape index (κ3) is 47.1. The predicted octanol–water partition coefficient (Wildman–Crippen LogP) is 17.7. The summed E-state index contributed by atoms with van der Waals surface area (Å²) in [5.41, 5.74) is 0. The zero-order valence-corrected chi connectivity index (χ0v) is 43.4. The topological polar surface area (TPSA) is 95.9 Å². The fourth-order valence-corrected chi connectivity index (χ4v) is 9.18. The Morgan fingerprint density at radius 2 is 0.766 bits per heavy atom. The van der Waals surface area contributed by atoms with Gasteiger partial charge in [-0.05, 0) is 44.9 Å². The Morgan fingerprint density at radius 1 is 0.438 bits per heavy atom. The number of rotatable bonds is 53. The summed E-state index contributed by atoms with van der Waals surface area (Å²) in [6.45, 7) is 6.49. The van der Waals surface area contributed by atoms with Crippen molar-refractivity contribution in [2.75, 3.05) is 6.61 Å². The van der Waals surface area contributed by atoms with Crippen LogP contribution in [0.3, 0.4) is 0 Å². The van der Waals surface area contributed by atoms with Gasteiger partial charge in [-0.3, -0.25) is 9.59 Å². The smallest absolute Gasteiger partial charge is 0.306 e. The highest BCUT2D eigenvalue weighted by Gasteiger charge is 2.24. The molecule has 0 radical (unpaired) electrons. The van der Waals surface area contributed by atoms with Crippen molar-refractivity contribution >= 4 is 11.9 Å². The SMILES string of the molecule is CCCC/C=C\CCCCCCCC(=O)OC(CCCCCCCCCCCCCCCCCCC)CC(=O)NC(CO)C(O)CCCCCCCCCCCCCCCCCCC. The normalized spacial score (nSPS) is 13.1. The maximum Gasteiger partial charge on any atom is 0.306 e. The van der Waals surface area contributed by atoms with Crippen LogP contribution in [0.1, 0.15) is 323 Å². The average Bonchev–Trinajstić information content (AvgIpc) is 3.29. The zero-order valence-electron chi connectivity index (χ0n) is 43.4. The van der Waals surface area contributed by atoms with Gasteiger partial charge in [-0.1, -0.05) is 277 Å². The summed E-state index contributed by atoms with van der Waals surface area (Å²) in [5.74, 6) is -0.463. The molecule has 3 unspecified atom stereocenters. The average molecular weight is 905 g/mol. The number of amides is 1. The van der Waals surface area contributed by atoms with E-state index in [0.29, 0.717) is 19.3 Å². The fourth-order valence-electron chi connectivity index (χ4n) is 9.18. The molecule has 0 aromatic heterocycles. The number of esters is 1. The summed E-state index contributed by atoms with van der Waals surface area (Å²) in [4.78, 5) is 26.2. The monoisotopic (exact) mass is 904 g/mol. The molecule has 0 saturated heterocycles. The van der Waals surface area contributed by atoms with Crippen LogP contribution in [0.15, 0.2) is 12.2 Å². The summed E-state index contributed by atoms with van der Waals surface area (Å²) in [6, 6.07) is -0.697. The molecule has 0 aliphatic rings. The quantitative estimate of drug-likeness (QED) is 0.0321. The van der Waals surface area contributed by atoms with Crippen molar-refractivity contribution in [2.45, 2.75) is 341 Å². The summed E-state index contributed by atoms with van der Waals surface area (Å²) >= 11 is 0.